The van der Waals surface area contributed by atoms with Gasteiger partial charge in [-0.15, -0.1) is 25.6 Å². The van der Waals surface area contributed by atoms with Gasteiger partial charge in [0.25, 0.3) is 0 Å². The van der Waals surface area contributed by atoms with Crippen LogP contribution in [-0.4, -0.2) is 80.2 Å². The molecular formula is C22H29ClF3N5O4. The van der Waals surface area contributed by atoms with E-state index in [1.54, 1.807) is 19.1 Å². The van der Waals surface area contributed by atoms with E-state index >= 15 is 0 Å². The Bertz CT molecular complexity index is 942. The van der Waals surface area contributed by atoms with E-state index in [9.17, 15) is 18.0 Å². The largest absolute Gasteiger partial charge is 0.573 e. The summed E-state index contributed by atoms with van der Waals surface area (Å²) in [5.41, 5.74) is 0.848. The number of hydrogen-bond acceptors (Lipinski definition) is 9. The van der Waals surface area contributed by atoms with Gasteiger partial charge in [0.2, 0.25) is 0 Å². The Morgan fingerprint density at radius 1 is 1.11 bits per heavy atom. The molecule has 13 heteroatoms. The second-order valence-corrected chi connectivity index (χ2v) is 7.53. The highest BCUT2D eigenvalue weighted by Gasteiger charge is 2.31. The molecule has 0 saturated carbocycles. The number of nitrogens with zero attached hydrogens (tertiary/aromatic N) is 4. The molecule has 9 nitrogen and oxygen atoms in total. The summed E-state index contributed by atoms with van der Waals surface area (Å²) in [7, 11) is 1.49. The van der Waals surface area contributed by atoms with Gasteiger partial charge in [-0.1, -0.05) is 12.1 Å². The van der Waals surface area contributed by atoms with Crippen LogP contribution in [0.1, 0.15) is 12.5 Å². The highest BCUT2D eigenvalue weighted by atomic mass is 35.5. The van der Waals surface area contributed by atoms with Gasteiger partial charge in [-0.05, 0) is 31.0 Å². The Labute approximate surface area is 208 Å². The van der Waals surface area contributed by atoms with Crippen molar-refractivity contribution < 1.29 is 32.2 Å². The highest BCUT2D eigenvalue weighted by Crippen LogP contribution is 2.23. The van der Waals surface area contributed by atoms with Crippen molar-refractivity contribution in [2.24, 2.45) is 0 Å². The van der Waals surface area contributed by atoms with Gasteiger partial charge in [-0.25, -0.2) is 0 Å². The summed E-state index contributed by atoms with van der Waals surface area (Å²) in [5.74, 6) is 0.803. The second kappa shape index (κ2) is 13.2. The molecule has 0 bridgehead atoms. The number of nitrogens with one attached hydrogen (secondary N) is 1. The van der Waals surface area contributed by atoms with Crippen molar-refractivity contribution in [1.82, 2.24) is 14.9 Å². The van der Waals surface area contributed by atoms with Crippen LogP contribution in [0.3, 0.4) is 0 Å². The minimum Gasteiger partial charge on any atom is -0.467 e. The van der Waals surface area contributed by atoms with Crippen LogP contribution in [0.25, 0.3) is 0 Å². The van der Waals surface area contributed by atoms with Crippen molar-refractivity contribution in [3.05, 3.63) is 35.9 Å². The average molecular weight is 520 g/mol. The molecule has 1 fully saturated rings. The van der Waals surface area contributed by atoms with Gasteiger partial charge in [0.05, 0.1) is 20.3 Å². The monoisotopic (exact) mass is 519 g/mol. The SMILES string of the molecule is CCOC(=O)CN1CCN(c2cc(NCCc3ccc(OC(F)(F)F)cc3)nc(OC)n2)CC1.Cl. The summed E-state index contributed by atoms with van der Waals surface area (Å²) in [6.07, 6.45) is -4.14. The molecule has 1 aliphatic rings. The van der Waals surface area contributed by atoms with Crippen LogP contribution >= 0.6 is 12.4 Å². The molecule has 1 aliphatic heterocycles. The molecule has 0 atom stereocenters. The van der Waals surface area contributed by atoms with Crippen LogP contribution in [0.5, 0.6) is 11.8 Å². The first kappa shape index (κ1) is 28.2. The predicted octanol–water partition coefficient (Wildman–Crippen LogP) is 3.15. The molecule has 1 N–H and O–H groups in total. The topological polar surface area (TPSA) is 89.1 Å². The predicted molar refractivity (Wildman–Crippen MR) is 126 cm³/mol. The van der Waals surface area contributed by atoms with E-state index in [2.05, 4.69) is 24.9 Å². The fourth-order valence-electron chi connectivity index (χ4n) is 3.47. The number of piperazine rings is 1. The van der Waals surface area contributed by atoms with Gasteiger partial charge in [-0.3, -0.25) is 9.69 Å². The van der Waals surface area contributed by atoms with E-state index in [0.717, 1.165) is 5.56 Å². The van der Waals surface area contributed by atoms with Crippen molar-refractivity contribution in [3.63, 3.8) is 0 Å². The Hall–Kier alpha value is -2.99. The molecule has 35 heavy (non-hydrogen) atoms. The molecule has 0 radical (unpaired) electrons. The smallest absolute Gasteiger partial charge is 0.467 e. The van der Waals surface area contributed by atoms with Crippen LogP contribution in [0.4, 0.5) is 24.8 Å². The number of carbonyl (C=O) groups is 1. The number of ether oxygens (including phenoxy) is 3. The summed E-state index contributed by atoms with van der Waals surface area (Å²) < 4.78 is 51.0. The number of aromatic nitrogens is 2. The molecule has 1 aromatic carbocycles. The summed E-state index contributed by atoms with van der Waals surface area (Å²) in [6, 6.07) is 7.80. The Balaban J connectivity index is 0.00000432. The molecule has 2 aromatic rings. The van der Waals surface area contributed by atoms with Crippen molar-refractivity contribution in [2.75, 3.05) is 63.2 Å². The molecule has 1 aromatic heterocycles. The van der Waals surface area contributed by atoms with Crippen molar-refractivity contribution in [2.45, 2.75) is 19.7 Å². The maximum Gasteiger partial charge on any atom is 0.573 e. The normalized spacial score (nSPS) is 14.1. The van der Waals surface area contributed by atoms with E-state index in [1.807, 2.05) is 11.0 Å². The Kier molecular flexibility index (Phi) is 10.6. The summed E-state index contributed by atoms with van der Waals surface area (Å²) >= 11 is 0. The summed E-state index contributed by atoms with van der Waals surface area (Å²) in [4.78, 5) is 24.6. The Morgan fingerprint density at radius 2 is 1.80 bits per heavy atom. The lowest BCUT2D eigenvalue weighted by atomic mass is 10.1. The number of hydrogen-bond donors (Lipinski definition) is 1. The van der Waals surface area contributed by atoms with Gasteiger partial charge in [-0.2, -0.15) is 9.97 Å². The minimum atomic E-state index is -4.71. The van der Waals surface area contributed by atoms with E-state index in [0.29, 0.717) is 57.4 Å². The van der Waals surface area contributed by atoms with Crippen molar-refractivity contribution in [3.8, 4) is 11.8 Å². The van der Waals surface area contributed by atoms with Crippen LogP contribution in [-0.2, 0) is 16.0 Å². The number of esters is 1. The average Bonchev–Trinajstić information content (AvgIpc) is 2.79. The molecule has 0 spiro atoms. The van der Waals surface area contributed by atoms with Crippen molar-refractivity contribution >= 4 is 30.0 Å². The standard InChI is InChI=1S/C22H28F3N5O4.ClH/c1-3-33-20(31)15-29-10-12-30(13-11-29)19-14-18(27-21(28-19)32-2)26-9-8-16-4-6-17(7-5-16)34-22(23,24)25;/h4-7,14H,3,8-13,15H2,1-2H3,(H,26,27,28);1H. The molecular weight excluding hydrogens is 491 g/mol. The number of benzene rings is 1. The molecule has 1 saturated heterocycles. The van der Waals surface area contributed by atoms with E-state index in [1.165, 1.54) is 19.2 Å². The zero-order valence-electron chi connectivity index (χ0n) is 19.5. The second-order valence-electron chi connectivity index (χ2n) is 7.53. The van der Waals surface area contributed by atoms with Crippen LogP contribution in [0.2, 0.25) is 0 Å². The lowest BCUT2D eigenvalue weighted by Gasteiger charge is -2.34. The summed E-state index contributed by atoms with van der Waals surface area (Å²) in [6.45, 7) is 5.69. The lowest BCUT2D eigenvalue weighted by Crippen LogP contribution is -2.48. The number of carbonyl (C=O) groups excluding carboxylic acids is 1. The molecule has 0 unspecified atom stereocenters. The first-order chi connectivity index (χ1) is 16.3. The fourth-order valence-corrected chi connectivity index (χ4v) is 3.47. The van der Waals surface area contributed by atoms with Gasteiger partial charge in [0.1, 0.15) is 17.4 Å². The number of halogens is 4. The van der Waals surface area contributed by atoms with Crippen molar-refractivity contribution in [1.29, 1.82) is 0 Å². The number of rotatable bonds is 10. The third-order valence-corrected chi connectivity index (χ3v) is 5.11. The molecule has 0 amide bonds. The Morgan fingerprint density at radius 3 is 2.40 bits per heavy atom. The molecule has 194 valence electrons. The van der Waals surface area contributed by atoms with Gasteiger partial charge in [0.15, 0.2) is 0 Å². The third-order valence-electron chi connectivity index (χ3n) is 5.11. The highest BCUT2D eigenvalue weighted by molar-refractivity contribution is 5.85. The fraction of sp³-hybridized carbons (Fsp3) is 0.500. The van der Waals surface area contributed by atoms with Gasteiger partial charge in [0, 0.05) is 38.8 Å². The first-order valence-corrected chi connectivity index (χ1v) is 10.9. The van der Waals surface area contributed by atoms with Gasteiger partial charge >= 0.3 is 18.3 Å². The van der Waals surface area contributed by atoms with Crippen LogP contribution in [0.15, 0.2) is 30.3 Å². The molecule has 0 aliphatic carbocycles. The number of methoxy groups -OCH3 is 1. The molecule has 3 rings (SSSR count). The maximum absolute atomic E-state index is 12.3. The number of alkyl halides is 3. The van der Waals surface area contributed by atoms with Gasteiger partial charge < -0.3 is 24.4 Å². The van der Waals surface area contributed by atoms with E-state index in [-0.39, 0.29) is 36.7 Å². The van der Waals surface area contributed by atoms with Crippen LogP contribution < -0.4 is 19.7 Å². The zero-order valence-corrected chi connectivity index (χ0v) is 20.3. The zero-order chi connectivity index (χ0) is 24.6. The first-order valence-electron chi connectivity index (χ1n) is 10.9. The lowest BCUT2D eigenvalue weighted by molar-refractivity contribution is -0.274. The van der Waals surface area contributed by atoms with E-state index in [4.69, 9.17) is 9.47 Å². The maximum atomic E-state index is 12.3. The minimum absolute atomic E-state index is 0. The third kappa shape index (κ3) is 9.29. The quantitative estimate of drug-likeness (QED) is 0.475. The van der Waals surface area contributed by atoms with Crippen LogP contribution in [0, 0.1) is 0 Å². The number of anilines is 2. The summed E-state index contributed by atoms with van der Waals surface area (Å²) in [5, 5.41) is 3.21. The van der Waals surface area contributed by atoms with E-state index < -0.39 is 6.36 Å². The molecule has 2 heterocycles.